The van der Waals surface area contributed by atoms with Gasteiger partial charge in [-0.05, 0) is 25.8 Å². The number of thioether (sulfide) groups is 1. The second-order valence-electron chi connectivity index (χ2n) is 4.12. The van der Waals surface area contributed by atoms with E-state index in [1.165, 1.54) is 5.03 Å². The minimum Gasteiger partial charge on any atom is -0.300 e. The molecule has 82 valence electrons. The van der Waals surface area contributed by atoms with Gasteiger partial charge in [-0.2, -0.15) is 5.10 Å². The van der Waals surface area contributed by atoms with Crippen LogP contribution < -0.4 is 0 Å². The van der Waals surface area contributed by atoms with Crippen LogP contribution in [0.25, 0.3) is 0 Å². The van der Waals surface area contributed by atoms with Crippen molar-refractivity contribution in [1.29, 1.82) is 0 Å². The van der Waals surface area contributed by atoms with Gasteiger partial charge in [-0.3, -0.25) is 9.48 Å². The predicted molar refractivity (Wildman–Crippen MR) is 61.1 cm³/mol. The highest BCUT2D eigenvalue weighted by molar-refractivity contribution is 7.99. The molecule has 3 nitrogen and oxygen atoms in total. The third-order valence-electron chi connectivity index (χ3n) is 2.68. The van der Waals surface area contributed by atoms with Crippen molar-refractivity contribution in [3.05, 3.63) is 11.8 Å². The number of carbonyl (C=O) groups excluding carboxylic acids is 1. The molecule has 0 amide bonds. The van der Waals surface area contributed by atoms with Crippen LogP contribution in [0.5, 0.6) is 0 Å². The summed E-state index contributed by atoms with van der Waals surface area (Å²) >= 11 is 1.80. The fourth-order valence-corrected chi connectivity index (χ4v) is 3.28. The number of aryl methyl sites for hydroxylation is 2. The second kappa shape index (κ2) is 4.39. The summed E-state index contributed by atoms with van der Waals surface area (Å²) < 4.78 is 1.90. The van der Waals surface area contributed by atoms with Crippen LogP contribution >= 0.6 is 11.8 Å². The summed E-state index contributed by atoms with van der Waals surface area (Å²) in [6, 6.07) is 2.09. The molecule has 1 aromatic heterocycles. The molecule has 0 aromatic carbocycles. The maximum atomic E-state index is 11.3. The van der Waals surface area contributed by atoms with Crippen LogP contribution in [-0.4, -0.2) is 20.8 Å². The summed E-state index contributed by atoms with van der Waals surface area (Å²) in [5.74, 6) is 0.414. The van der Waals surface area contributed by atoms with E-state index in [9.17, 15) is 4.79 Å². The molecular formula is C11H16N2OS. The van der Waals surface area contributed by atoms with E-state index in [1.54, 1.807) is 11.8 Å². The third kappa shape index (κ3) is 2.62. The topological polar surface area (TPSA) is 34.9 Å². The SMILES string of the molecule is Cc1cc(SC2CCCC(=O)C2)n(C)n1. The molecule has 0 radical (unpaired) electrons. The monoisotopic (exact) mass is 224 g/mol. The lowest BCUT2D eigenvalue weighted by atomic mass is 9.99. The van der Waals surface area contributed by atoms with Crippen molar-refractivity contribution in [1.82, 2.24) is 9.78 Å². The zero-order valence-corrected chi connectivity index (χ0v) is 10.0. The van der Waals surface area contributed by atoms with Crippen molar-refractivity contribution in [3.63, 3.8) is 0 Å². The lowest BCUT2D eigenvalue weighted by molar-refractivity contribution is -0.120. The summed E-state index contributed by atoms with van der Waals surface area (Å²) in [5.41, 5.74) is 1.04. The number of carbonyl (C=O) groups is 1. The molecule has 1 unspecified atom stereocenters. The van der Waals surface area contributed by atoms with Gasteiger partial charge in [0.05, 0.1) is 10.7 Å². The van der Waals surface area contributed by atoms with Crippen molar-refractivity contribution in [2.75, 3.05) is 0 Å². The first-order chi connectivity index (χ1) is 7.15. The van der Waals surface area contributed by atoms with Crippen LogP contribution in [-0.2, 0) is 11.8 Å². The van der Waals surface area contributed by atoms with Crippen LogP contribution in [0.2, 0.25) is 0 Å². The average Bonchev–Trinajstić information content (AvgIpc) is 2.45. The minimum absolute atomic E-state index is 0.414. The highest BCUT2D eigenvalue weighted by atomic mass is 32.2. The first-order valence-electron chi connectivity index (χ1n) is 5.34. The maximum absolute atomic E-state index is 11.3. The molecule has 4 heteroatoms. The lowest BCUT2D eigenvalue weighted by Crippen LogP contribution is -2.17. The molecular weight excluding hydrogens is 208 g/mol. The van der Waals surface area contributed by atoms with Crippen molar-refractivity contribution in [3.8, 4) is 0 Å². The van der Waals surface area contributed by atoms with Crippen LogP contribution in [0, 0.1) is 6.92 Å². The van der Waals surface area contributed by atoms with E-state index in [1.807, 2.05) is 18.7 Å². The molecule has 1 saturated carbocycles. The molecule has 1 heterocycles. The van der Waals surface area contributed by atoms with E-state index >= 15 is 0 Å². The van der Waals surface area contributed by atoms with E-state index in [0.29, 0.717) is 11.0 Å². The Bertz CT molecular complexity index is 373. The molecule has 1 atom stereocenters. The Morgan fingerprint density at radius 2 is 2.40 bits per heavy atom. The second-order valence-corrected chi connectivity index (χ2v) is 5.44. The Labute approximate surface area is 94.2 Å². The van der Waals surface area contributed by atoms with Crippen molar-refractivity contribution < 1.29 is 4.79 Å². The summed E-state index contributed by atoms with van der Waals surface area (Å²) in [6.45, 7) is 2.00. The lowest BCUT2D eigenvalue weighted by Gasteiger charge is -2.19. The number of hydrogen-bond acceptors (Lipinski definition) is 3. The minimum atomic E-state index is 0.414. The first-order valence-corrected chi connectivity index (χ1v) is 6.22. The normalized spacial score (nSPS) is 22.0. The molecule has 1 aliphatic rings. The van der Waals surface area contributed by atoms with E-state index < -0.39 is 0 Å². The molecule has 0 spiro atoms. The van der Waals surface area contributed by atoms with Gasteiger partial charge in [-0.15, -0.1) is 11.8 Å². The number of ketones is 1. The summed E-state index contributed by atoms with van der Waals surface area (Å²) in [6.07, 6.45) is 3.71. The van der Waals surface area contributed by atoms with Crippen LogP contribution in [0.4, 0.5) is 0 Å². The maximum Gasteiger partial charge on any atom is 0.134 e. The Morgan fingerprint density at radius 1 is 1.60 bits per heavy atom. The molecule has 15 heavy (non-hydrogen) atoms. The summed E-state index contributed by atoms with van der Waals surface area (Å²) in [7, 11) is 1.96. The van der Waals surface area contributed by atoms with Crippen LogP contribution in [0.1, 0.15) is 31.4 Å². The number of hydrogen-bond donors (Lipinski definition) is 0. The molecule has 2 rings (SSSR count). The summed E-state index contributed by atoms with van der Waals surface area (Å²) in [4.78, 5) is 11.3. The van der Waals surface area contributed by atoms with Gasteiger partial charge in [0.25, 0.3) is 0 Å². The van der Waals surface area contributed by atoms with Gasteiger partial charge in [-0.25, -0.2) is 0 Å². The highest BCUT2D eigenvalue weighted by Crippen LogP contribution is 2.32. The van der Waals surface area contributed by atoms with Gasteiger partial charge in [0, 0.05) is 25.1 Å². The fourth-order valence-electron chi connectivity index (χ4n) is 1.95. The van der Waals surface area contributed by atoms with Gasteiger partial charge in [0.2, 0.25) is 0 Å². The van der Waals surface area contributed by atoms with Crippen molar-refractivity contribution >= 4 is 17.5 Å². The Hall–Kier alpha value is -0.770. The summed E-state index contributed by atoms with van der Waals surface area (Å²) in [5, 5.41) is 5.94. The van der Waals surface area contributed by atoms with E-state index in [-0.39, 0.29) is 0 Å². The Morgan fingerprint density at radius 3 is 3.00 bits per heavy atom. The van der Waals surface area contributed by atoms with E-state index in [0.717, 1.165) is 31.4 Å². The van der Waals surface area contributed by atoms with Gasteiger partial charge in [0.1, 0.15) is 5.78 Å². The molecule has 1 aromatic rings. The van der Waals surface area contributed by atoms with Gasteiger partial charge < -0.3 is 0 Å². The quantitative estimate of drug-likeness (QED) is 0.773. The van der Waals surface area contributed by atoms with E-state index in [2.05, 4.69) is 11.2 Å². The highest BCUT2D eigenvalue weighted by Gasteiger charge is 2.21. The Balaban J connectivity index is 2.01. The standard InChI is InChI=1S/C11H16N2OS/c1-8-6-11(13(2)12-8)15-10-5-3-4-9(14)7-10/h6,10H,3-5,7H2,1-2H3. The third-order valence-corrected chi connectivity index (χ3v) is 4.04. The number of aromatic nitrogens is 2. The molecule has 1 aliphatic carbocycles. The first kappa shape index (κ1) is 10.7. The molecule has 0 N–H and O–H groups in total. The van der Waals surface area contributed by atoms with Gasteiger partial charge >= 0.3 is 0 Å². The largest absolute Gasteiger partial charge is 0.300 e. The number of rotatable bonds is 2. The van der Waals surface area contributed by atoms with Crippen molar-refractivity contribution in [2.45, 2.75) is 42.9 Å². The fraction of sp³-hybridized carbons (Fsp3) is 0.636. The van der Waals surface area contributed by atoms with E-state index in [4.69, 9.17) is 0 Å². The zero-order chi connectivity index (χ0) is 10.8. The molecule has 0 saturated heterocycles. The molecule has 1 fully saturated rings. The van der Waals surface area contributed by atoms with Crippen LogP contribution in [0.15, 0.2) is 11.1 Å². The van der Waals surface area contributed by atoms with Crippen molar-refractivity contribution in [2.24, 2.45) is 7.05 Å². The van der Waals surface area contributed by atoms with Gasteiger partial charge in [-0.1, -0.05) is 0 Å². The predicted octanol–water partition coefficient (Wildman–Crippen LogP) is 2.33. The zero-order valence-electron chi connectivity index (χ0n) is 9.19. The average molecular weight is 224 g/mol. The number of nitrogens with zero attached hydrogens (tertiary/aromatic N) is 2. The smallest absolute Gasteiger partial charge is 0.134 e. The van der Waals surface area contributed by atoms with Crippen LogP contribution in [0.3, 0.4) is 0 Å². The molecule has 0 bridgehead atoms. The Kier molecular flexibility index (Phi) is 3.14. The van der Waals surface area contributed by atoms with Gasteiger partial charge in [0.15, 0.2) is 0 Å². The number of Topliss-reactive ketones (excluding diaryl/α,β-unsaturated/α-hetero) is 1. The molecule has 0 aliphatic heterocycles.